The number of fused-ring (bicyclic) bond motifs is 1. The zero-order valence-electron chi connectivity index (χ0n) is 9.82. The molecule has 5 nitrogen and oxygen atoms in total. The number of nitrogens with two attached hydrogens (primary N) is 1. The van der Waals surface area contributed by atoms with Crippen LogP contribution >= 0.6 is 11.3 Å². The van der Waals surface area contributed by atoms with E-state index in [1.54, 1.807) is 23.6 Å². The molecule has 2 aromatic rings. The number of hydrogen-bond acceptors (Lipinski definition) is 4. The molecule has 2 aromatic heterocycles. The Bertz CT molecular complexity index is 573. The summed E-state index contributed by atoms with van der Waals surface area (Å²) in [5, 5.41) is 9.92. The Morgan fingerprint density at radius 3 is 3.06 bits per heavy atom. The van der Waals surface area contributed by atoms with Crippen molar-refractivity contribution in [1.82, 2.24) is 10.2 Å². The van der Waals surface area contributed by atoms with Crippen molar-refractivity contribution in [1.29, 1.82) is 0 Å². The van der Waals surface area contributed by atoms with Crippen LogP contribution in [0, 0.1) is 0 Å². The van der Waals surface area contributed by atoms with Gasteiger partial charge in [-0.25, -0.2) is 0 Å². The molecule has 94 valence electrons. The second kappa shape index (κ2) is 4.45. The van der Waals surface area contributed by atoms with Gasteiger partial charge >= 0.3 is 0 Å². The van der Waals surface area contributed by atoms with E-state index in [1.165, 1.54) is 11.3 Å². The Kier molecular flexibility index (Phi) is 2.79. The lowest BCUT2D eigenvalue weighted by Crippen LogP contribution is -2.16. The van der Waals surface area contributed by atoms with Gasteiger partial charge in [-0.1, -0.05) is 0 Å². The minimum atomic E-state index is -0.142. The number of aromatic nitrogens is 2. The van der Waals surface area contributed by atoms with E-state index in [0.29, 0.717) is 16.4 Å². The van der Waals surface area contributed by atoms with E-state index >= 15 is 0 Å². The third kappa shape index (κ3) is 1.88. The van der Waals surface area contributed by atoms with Crippen LogP contribution in [0.2, 0.25) is 0 Å². The van der Waals surface area contributed by atoms with Gasteiger partial charge in [0.1, 0.15) is 5.82 Å². The van der Waals surface area contributed by atoms with Gasteiger partial charge in [0.15, 0.2) is 0 Å². The van der Waals surface area contributed by atoms with Gasteiger partial charge in [-0.2, -0.15) is 5.10 Å². The monoisotopic (exact) mass is 262 g/mol. The maximum absolute atomic E-state index is 12.2. The Balaban J connectivity index is 1.91. The molecule has 1 aliphatic carbocycles. The maximum atomic E-state index is 12.2. The van der Waals surface area contributed by atoms with Crippen molar-refractivity contribution in [2.45, 2.75) is 25.7 Å². The Labute approximate surface area is 108 Å². The fraction of sp³-hybridized carbons (Fsp3) is 0.333. The average Bonchev–Trinajstić information content (AvgIpc) is 2.94. The molecule has 0 aromatic carbocycles. The number of nitrogens with one attached hydrogen (secondary N) is 2. The highest BCUT2D eigenvalue weighted by Crippen LogP contribution is 2.36. The van der Waals surface area contributed by atoms with Crippen LogP contribution in [-0.2, 0) is 12.8 Å². The summed E-state index contributed by atoms with van der Waals surface area (Å²) in [6.45, 7) is 0. The molecule has 2 heterocycles. The summed E-state index contributed by atoms with van der Waals surface area (Å²) in [6.07, 6.45) is 5.92. The molecule has 0 radical (unpaired) electrons. The summed E-state index contributed by atoms with van der Waals surface area (Å²) in [5.74, 6) is 0.450. The Morgan fingerprint density at radius 1 is 1.44 bits per heavy atom. The van der Waals surface area contributed by atoms with E-state index in [4.69, 9.17) is 5.73 Å². The molecule has 1 amide bonds. The Hall–Kier alpha value is -1.82. The smallest absolute Gasteiger partial charge is 0.260 e. The number of H-pyrrole nitrogens is 1. The lowest BCUT2D eigenvalue weighted by atomic mass is 9.95. The highest BCUT2D eigenvalue weighted by atomic mass is 32.1. The fourth-order valence-electron chi connectivity index (χ4n) is 2.35. The number of aromatic amines is 1. The number of hydrogen-bond donors (Lipinski definition) is 3. The fourth-order valence-corrected chi connectivity index (χ4v) is 3.50. The van der Waals surface area contributed by atoms with Gasteiger partial charge < -0.3 is 11.1 Å². The summed E-state index contributed by atoms with van der Waals surface area (Å²) < 4.78 is 0. The van der Waals surface area contributed by atoms with Crippen LogP contribution in [0.15, 0.2) is 12.3 Å². The zero-order chi connectivity index (χ0) is 12.5. The minimum absolute atomic E-state index is 0.142. The molecule has 0 saturated carbocycles. The van der Waals surface area contributed by atoms with E-state index in [0.717, 1.165) is 24.8 Å². The molecule has 0 fully saturated rings. The van der Waals surface area contributed by atoms with E-state index < -0.39 is 0 Å². The first-order chi connectivity index (χ1) is 8.75. The molecule has 18 heavy (non-hydrogen) atoms. The van der Waals surface area contributed by atoms with Crippen molar-refractivity contribution < 1.29 is 4.79 Å². The van der Waals surface area contributed by atoms with Crippen molar-refractivity contribution >= 4 is 28.1 Å². The van der Waals surface area contributed by atoms with Gasteiger partial charge in [0.05, 0.1) is 16.8 Å². The topological polar surface area (TPSA) is 83.8 Å². The normalized spacial score (nSPS) is 14.2. The number of thiophene rings is 1. The summed E-state index contributed by atoms with van der Waals surface area (Å²) in [5.41, 5.74) is 7.78. The maximum Gasteiger partial charge on any atom is 0.260 e. The van der Waals surface area contributed by atoms with E-state index in [9.17, 15) is 4.79 Å². The number of rotatable bonds is 2. The summed E-state index contributed by atoms with van der Waals surface area (Å²) in [4.78, 5) is 13.5. The lowest BCUT2D eigenvalue weighted by Gasteiger charge is -2.12. The van der Waals surface area contributed by atoms with Crippen molar-refractivity contribution in [2.75, 3.05) is 11.1 Å². The highest BCUT2D eigenvalue weighted by molar-refractivity contribution is 7.16. The number of aryl methyl sites for hydroxylation is 1. The molecule has 0 aliphatic heterocycles. The molecule has 0 spiro atoms. The van der Waals surface area contributed by atoms with E-state index in [2.05, 4.69) is 15.5 Å². The van der Waals surface area contributed by atoms with Crippen LogP contribution < -0.4 is 11.1 Å². The van der Waals surface area contributed by atoms with Crippen LogP contribution in [0.4, 0.5) is 10.8 Å². The zero-order valence-corrected chi connectivity index (χ0v) is 10.6. The van der Waals surface area contributed by atoms with Crippen molar-refractivity contribution in [3.63, 3.8) is 0 Å². The molecule has 4 N–H and O–H groups in total. The van der Waals surface area contributed by atoms with Crippen LogP contribution in [0.25, 0.3) is 0 Å². The molecule has 0 atom stereocenters. The number of amides is 1. The quantitative estimate of drug-likeness (QED) is 0.775. The van der Waals surface area contributed by atoms with Gasteiger partial charge in [-0.05, 0) is 31.2 Å². The molecule has 1 aliphatic rings. The molecule has 0 unspecified atom stereocenters. The first-order valence-electron chi connectivity index (χ1n) is 5.96. The number of carbonyl (C=O) groups excluding carboxylic acids is 1. The van der Waals surface area contributed by atoms with Crippen LogP contribution in [0.5, 0.6) is 0 Å². The van der Waals surface area contributed by atoms with Gasteiger partial charge in [0.25, 0.3) is 5.91 Å². The third-order valence-corrected chi connectivity index (χ3v) is 4.30. The predicted molar refractivity (Wildman–Crippen MR) is 71.9 cm³/mol. The molecule has 3 rings (SSSR count). The van der Waals surface area contributed by atoms with Gasteiger partial charge in [0, 0.05) is 10.9 Å². The van der Waals surface area contributed by atoms with E-state index in [-0.39, 0.29) is 5.91 Å². The van der Waals surface area contributed by atoms with Crippen molar-refractivity contribution in [3.05, 3.63) is 28.3 Å². The van der Waals surface area contributed by atoms with Gasteiger partial charge in [-0.15, -0.1) is 11.3 Å². The van der Waals surface area contributed by atoms with Crippen LogP contribution in [0.3, 0.4) is 0 Å². The highest BCUT2D eigenvalue weighted by Gasteiger charge is 2.24. The van der Waals surface area contributed by atoms with Crippen molar-refractivity contribution in [3.8, 4) is 0 Å². The number of anilines is 2. The van der Waals surface area contributed by atoms with Crippen LogP contribution in [-0.4, -0.2) is 16.1 Å². The SMILES string of the molecule is Nc1sc2c(c1C(=O)Nc1ccn[nH]1)CCCC2. The minimum Gasteiger partial charge on any atom is -0.390 e. The standard InChI is InChI=1S/C12H14N4OS/c13-11-10(7-3-1-2-4-8(7)18-11)12(17)15-9-5-6-14-16-9/h5-6H,1-4,13H2,(H2,14,15,16,17). The van der Waals surface area contributed by atoms with Gasteiger partial charge in [0.2, 0.25) is 0 Å². The summed E-state index contributed by atoms with van der Waals surface area (Å²) in [6, 6.07) is 1.72. The summed E-state index contributed by atoms with van der Waals surface area (Å²) in [7, 11) is 0. The summed E-state index contributed by atoms with van der Waals surface area (Å²) >= 11 is 1.55. The molecule has 6 heteroatoms. The third-order valence-electron chi connectivity index (χ3n) is 3.17. The predicted octanol–water partition coefficient (Wildman–Crippen LogP) is 2.18. The van der Waals surface area contributed by atoms with E-state index in [1.807, 2.05) is 0 Å². The molecular formula is C12H14N4OS. The molecular weight excluding hydrogens is 248 g/mol. The lowest BCUT2D eigenvalue weighted by molar-refractivity contribution is 0.102. The first-order valence-corrected chi connectivity index (χ1v) is 6.78. The second-order valence-electron chi connectivity index (χ2n) is 4.37. The van der Waals surface area contributed by atoms with Crippen LogP contribution in [0.1, 0.15) is 33.6 Å². The number of nitrogens with zero attached hydrogens (tertiary/aromatic N) is 1. The number of carbonyl (C=O) groups is 1. The number of nitrogen functional groups attached to an aromatic ring is 1. The second-order valence-corrected chi connectivity index (χ2v) is 5.51. The first kappa shape index (κ1) is 11.3. The molecule has 0 saturated heterocycles. The average molecular weight is 262 g/mol. The van der Waals surface area contributed by atoms with Crippen molar-refractivity contribution in [2.24, 2.45) is 0 Å². The largest absolute Gasteiger partial charge is 0.390 e. The van der Waals surface area contributed by atoms with Gasteiger partial charge in [-0.3, -0.25) is 9.89 Å². The molecule has 0 bridgehead atoms. The Morgan fingerprint density at radius 2 is 2.28 bits per heavy atom.